The van der Waals surface area contributed by atoms with Crippen molar-refractivity contribution >= 4 is 5.91 Å². The Morgan fingerprint density at radius 1 is 1.18 bits per heavy atom. The lowest BCUT2D eigenvalue weighted by Crippen LogP contribution is -2.36. The Kier molecular flexibility index (Phi) is 5.83. The molecule has 1 aromatic carbocycles. The van der Waals surface area contributed by atoms with E-state index in [-0.39, 0.29) is 13.3 Å². The Balaban J connectivity index is 0.00000176. The van der Waals surface area contributed by atoms with Crippen LogP contribution in [0.1, 0.15) is 37.6 Å². The number of carbonyl (C=O) groups excluding carboxylic acids is 1. The van der Waals surface area contributed by atoms with Gasteiger partial charge in [-0.3, -0.25) is 4.79 Å². The molecule has 122 valence electrons. The van der Waals surface area contributed by atoms with Gasteiger partial charge < -0.3 is 14.5 Å². The highest BCUT2D eigenvalue weighted by Gasteiger charge is 2.28. The molecule has 3 rings (SSSR count). The van der Waals surface area contributed by atoms with Crippen LogP contribution in [0.5, 0.6) is 5.75 Å². The number of nitrogens with zero attached hydrogens (tertiary/aromatic N) is 2. The average molecular weight is 304 g/mol. The minimum Gasteiger partial charge on any atom is -0.494 e. The molecule has 0 saturated carbocycles. The van der Waals surface area contributed by atoms with E-state index < -0.39 is 0 Å². The molecule has 2 bridgehead atoms. The van der Waals surface area contributed by atoms with Gasteiger partial charge in [0.15, 0.2) is 0 Å². The molecule has 1 amide bonds. The summed E-state index contributed by atoms with van der Waals surface area (Å²) in [7, 11) is 0. The smallest absolute Gasteiger partial charge is 0.253 e. The Labute approximate surface area is 134 Å². The van der Waals surface area contributed by atoms with Gasteiger partial charge in [-0.1, -0.05) is 7.43 Å². The zero-order chi connectivity index (χ0) is 14.7. The van der Waals surface area contributed by atoms with Crippen molar-refractivity contribution < 1.29 is 9.53 Å². The van der Waals surface area contributed by atoms with E-state index in [4.69, 9.17) is 4.74 Å². The van der Waals surface area contributed by atoms with E-state index in [0.717, 1.165) is 37.5 Å². The molecule has 2 heterocycles. The normalized spacial score (nSPS) is 24.1. The first-order chi connectivity index (χ1) is 10.3. The Morgan fingerprint density at radius 3 is 2.68 bits per heavy atom. The number of piperidine rings is 1. The fourth-order valence-corrected chi connectivity index (χ4v) is 3.40. The minimum absolute atomic E-state index is 0. The Hall–Kier alpha value is -1.55. The van der Waals surface area contributed by atoms with Gasteiger partial charge in [-0.15, -0.1) is 0 Å². The van der Waals surface area contributed by atoms with Gasteiger partial charge in [-0.25, -0.2) is 0 Å². The van der Waals surface area contributed by atoms with Gasteiger partial charge >= 0.3 is 0 Å². The lowest BCUT2D eigenvalue weighted by atomic mass is 9.98. The first kappa shape index (κ1) is 16.8. The molecule has 2 atom stereocenters. The minimum atomic E-state index is 0. The number of amides is 1. The van der Waals surface area contributed by atoms with Crippen molar-refractivity contribution in [1.29, 1.82) is 0 Å². The zero-order valence-corrected chi connectivity index (χ0v) is 12.8. The third-order valence-corrected chi connectivity index (χ3v) is 4.47. The molecular formula is C18H28N2O2. The van der Waals surface area contributed by atoms with Crippen molar-refractivity contribution in [1.82, 2.24) is 9.80 Å². The van der Waals surface area contributed by atoms with Crippen molar-refractivity contribution in [3.8, 4) is 5.75 Å². The quantitative estimate of drug-likeness (QED) is 0.861. The molecule has 1 aromatic rings. The number of hydrogen-bond donors (Lipinski definition) is 0. The maximum Gasteiger partial charge on any atom is 0.253 e. The summed E-state index contributed by atoms with van der Waals surface area (Å²) in [6.45, 7) is 7.74. The van der Waals surface area contributed by atoms with Gasteiger partial charge in [0.1, 0.15) is 5.75 Å². The van der Waals surface area contributed by atoms with Crippen molar-refractivity contribution in [2.45, 2.75) is 27.2 Å². The van der Waals surface area contributed by atoms with Crippen LogP contribution in [0.25, 0.3) is 0 Å². The Morgan fingerprint density at radius 2 is 1.95 bits per heavy atom. The fourth-order valence-electron chi connectivity index (χ4n) is 3.40. The second-order valence-corrected chi connectivity index (χ2v) is 6.02. The molecule has 0 N–H and O–H groups in total. The second-order valence-electron chi connectivity index (χ2n) is 6.02. The summed E-state index contributed by atoms with van der Waals surface area (Å²) in [4.78, 5) is 17.2. The van der Waals surface area contributed by atoms with E-state index in [1.54, 1.807) is 0 Å². The topological polar surface area (TPSA) is 32.8 Å². The van der Waals surface area contributed by atoms with Crippen LogP contribution < -0.4 is 4.74 Å². The molecule has 0 aromatic heterocycles. The highest BCUT2D eigenvalue weighted by Crippen LogP contribution is 2.22. The van der Waals surface area contributed by atoms with E-state index in [0.29, 0.717) is 12.5 Å². The number of fused-ring (bicyclic) bond motifs is 2. The zero-order valence-electron chi connectivity index (χ0n) is 12.8. The largest absolute Gasteiger partial charge is 0.494 e. The lowest BCUT2D eigenvalue weighted by Gasteiger charge is -2.29. The van der Waals surface area contributed by atoms with Crippen LogP contribution in [-0.4, -0.2) is 55.0 Å². The molecule has 2 fully saturated rings. The first-order valence-electron chi connectivity index (χ1n) is 8.00. The maximum absolute atomic E-state index is 12.7. The third-order valence-electron chi connectivity index (χ3n) is 4.47. The molecule has 2 aliphatic heterocycles. The summed E-state index contributed by atoms with van der Waals surface area (Å²) in [6, 6.07) is 7.53. The van der Waals surface area contributed by atoms with Crippen molar-refractivity contribution in [2.75, 3.05) is 39.3 Å². The summed E-state index contributed by atoms with van der Waals surface area (Å²) in [5.41, 5.74) is 0.768. The molecule has 0 aliphatic carbocycles. The van der Waals surface area contributed by atoms with Crippen LogP contribution in [0, 0.1) is 5.92 Å². The highest BCUT2D eigenvalue weighted by molar-refractivity contribution is 5.94. The highest BCUT2D eigenvalue weighted by atomic mass is 16.5. The molecule has 22 heavy (non-hydrogen) atoms. The summed E-state index contributed by atoms with van der Waals surface area (Å²) < 4.78 is 5.43. The van der Waals surface area contributed by atoms with E-state index in [1.165, 1.54) is 19.4 Å². The molecule has 4 nitrogen and oxygen atoms in total. The molecular weight excluding hydrogens is 276 g/mol. The summed E-state index contributed by atoms with van der Waals surface area (Å²) in [5.74, 6) is 1.63. The molecule has 0 spiro atoms. The van der Waals surface area contributed by atoms with Crippen LogP contribution in [-0.2, 0) is 0 Å². The van der Waals surface area contributed by atoms with Crippen molar-refractivity contribution in [3.05, 3.63) is 29.8 Å². The molecule has 0 radical (unpaired) electrons. The summed E-state index contributed by atoms with van der Waals surface area (Å²) in [5, 5.41) is 0. The van der Waals surface area contributed by atoms with Crippen LogP contribution in [0.15, 0.2) is 24.3 Å². The molecule has 4 heteroatoms. The van der Waals surface area contributed by atoms with E-state index >= 15 is 0 Å². The maximum atomic E-state index is 12.7. The van der Waals surface area contributed by atoms with Crippen LogP contribution in [0.3, 0.4) is 0 Å². The lowest BCUT2D eigenvalue weighted by molar-refractivity contribution is 0.0746. The molecule has 2 saturated heterocycles. The van der Waals surface area contributed by atoms with E-state index in [1.807, 2.05) is 36.1 Å². The predicted octanol–water partition coefficient (Wildman–Crippen LogP) is 2.89. The van der Waals surface area contributed by atoms with Crippen LogP contribution in [0.4, 0.5) is 0 Å². The summed E-state index contributed by atoms with van der Waals surface area (Å²) >= 11 is 0. The number of carbonyl (C=O) groups is 1. The van der Waals surface area contributed by atoms with Gasteiger partial charge in [-0.2, -0.15) is 0 Å². The average Bonchev–Trinajstić information content (AvgIpc) is 2.66. The van der Waals surface area contributed by atoms with Crippen molar-refractivity contribution in [3.63, 3.8) is 0 Å². The standard InChI is InChI=1S/C17H24N2O2.CH4/c1-2-21-16-7-5-15(6-8-16)17(20)19-11-10-18-9-3-4-14(12-18)13-19;/h5-8,14H,2-4,9-13H2,1H3;1H4. The SMILES string of the molecule is C.CCOc1ccc(C(=O)N2CCN3CCCC(C3)C2)cc1. The van der Waals surface area contributed by atoms with Gasteiger partial charge in [0.05, 0.1) is 6.61 Å². The van der Waals surface area contributed by atoms with Gasteiger partial charge in [0.2, 0.25) is 0 Å². The fraction of sp³-hybridized carbons (Fsp3) is 0.611. The number of benzene rings is 1. The Bertz CT molecular complexity index is 486. The number of hydrogen-bond acceptors (Lipinski definition) is 3. The first-order valence-corrected chi connectivity index (χ1v) is 8.00. The number of rotatable bonds is 3. The predicted molar refractivity (Wildman–Crippen MR) is 89.4 cm³/mol. The van der Waals surface area contributed by atoms with Gasteiger partial charge in [-0.05, 0) is 56.5 Å². The number of ether oxygens (including phenoxy) is 1. The van der Waals surface area contributed by atoms with Gasteiger partial charge in [0.25, 0.3) is 5.91 Å². The third kappa shape index (κ3) is 3.80. The molecule has 2 unspecified atom stereocenters. The van der Waals surface area contributed by atoms with Crippen LogP contribution >= 0.6 is 0 Å². The monoisotopic (exact) mass is 304 g/mol. The van der Waals surface area contributed by atoms with Gasteiger partial charge in [0, 0.05) is 31.7 Å². The van der Waals surface area contributed by atoms with Crippen LogP contribution in [0.2, 0.25) is 0 Å². The van der Waals surface area contributed by atoms with Crippen molar-refractivity contribution in [2.24, 2.45) is 5.92 Å². The molecule has 2 aliphatic rings. The summed E-state index contributed by atoms with van der Waals surface area (Å²) in [6.07, 6.45) is 2.53. The second kappa shape index (κ2) is 7.63. The van der Waals surface area contributed by atoms with E-state index in [2.05, 4.69) is 4.90 Å². The van der Waals surface area contributed by atoms with E-state index in [9.17, 15) is 4.79 Å².